The molecule has 3 N–H and O–H groups in total. The zero-order chi connectivity index (χ0) is 15.4. The van der Waals surface area contributed by atoms with Crippen LogP contribution in [0.1, 0.15) is 37.7 Å². The Balaban J connectivity index is 0.00000192. The second kappa shape index (κ2) is 8.52. The molecule has 1 aliphatic carbocycles. The predicted octanol–water partition coefficient (Wildman–Crippen LogP) is 2.16. The van der Waals surface area contributed by atoms with Gasteiger partial charge in [0.25, 0.3) is 0 Å². The van der Waals surface area contributed by atoms with E-state index in [4.69, 9.17) is 15.2 Å². The van der Waals surface area contributed by atoms with Crippen LogP contribution in [0.15, 0.2) is 24.3 Å². The zero-order valence-corrected chi connectivity index (χ0v) is 14.0. The SMILES string of the molecule is Cl.NC[C@H]1CC[C@@H](C(=O)NCc2ccccc2OC2CCC2)O1. The van der Waals surface area contributed by atoms with E-state index in [0.29, 0.717) is 19.2 Å². The van der Waals surface area contributed by atoms with Crippen LogP contribution in [-0.2, 0) is 16.1 Å². The molecule has 0 spiro atoms. The highest BCUT2D eigenvalue weighted by atomic mass is 35.5. The maximum Gasteiger partial charge on any atom is 0.249 e. The first-order chi connectivity index (χ1) is 10.8. The van der Waals surface area contributed by atoms with Crippen molar-refractivity contribution in [3.63, 3.8) is 0 Å². The van der Waals surface area contributed by atoms with Crippen LogP contribution < -0.4 is 15.8 Å². The van der Waals surface area contributed by atoms with Gasteiger partial charge in [0.15, 0.2) is 0 Å². The van der Waals surface area contributed by atoms with E-state index < -0.39 is 0 Å². The number of carbonyl (C=O) groups is 1. The Bertz CT molecular complexity index is 522. The van der Waals surface area contributed by atoms with Gasteiger partial charge in [0, 0.05) is 18.7 Å². The average Bonchev–Trinajstić information content (AvgIpc) is 2.98. The molecule has 2 fully saturated rings. The smallest absolute Gasteiger partial charge is 0.249 e. The number of hydrogen-bond acceptors (Lipinski definition) is 4. The van der Waals surface area contributed by atoms with E-state index in [-0.39, 0.29) is 30.5 Å². The molecule has 1 aliphatic heterocycles. The minimum Gasteiger partial charge on any atom is -0.490 e. The number of carbonyl (C=O) groups excluding carboxylic acids is 1. The number of hydrogen-bond donors (Lipinski definition) is 2. The van der Waals surface area contributed by atoms with Crippen molar-refractivity contribution in [3.8, 4) is 5.75 Å². The van der Waals surface area contributed by atoms with E-state index in [1.54, 1.807) is 0 Å². The molecule has 1 saturated heterocycles. The summed E-state index contributed by atoms with van der Waals surface area (Å²) in [6.45, 7) is 0.941. The van der Waals surface area contributed by atoms with Crippen LogP contribution in [0.3, 0.4) is 0 Å². The first-order valence-electron chi connectivity index (χ1n) is 8.14. The fourth-order valence-electron chi connectivity index (χ4n) is 2.80. The van der Waals surface area contributed by atoms with Crippen molar-refractivity contribution >= 4 is 18.3 Å². The third-order valence-corrected chi connectivity index (χ3v) is 4.43. The molecule has 0 bridgehead atoms. The summed E-state index contributed by atoms with van der Waals surface area (Å²) in [6.07, 6.45) is 5.07. The van der Waals surface area contributed by atoms with Crippen molar-refractivity contribution in [1.82, 2.24) is 5.32 Å². The van der Waals surface area contributed by atoms with Gasteiger partial charge in [-0.25, -0.2) is 0 Å². The molecule has 1 aromatic carbocycles. The van der Waals surface area contributed by atoms with Crippen molar-refractivity contribution in [2.24, 2.45) is 5.73 Å². The minimum atomic E-state index is -0.367. The number of benzene rings is 1. The monoisotopic (exact) mass is 340 g/mol. The third kappa shape index (κ3) is 4.59. The summed E-state index contributed by atoms with van der Waals surface area (Å²) in [7, 11) is 0. The molecule has 128 valence electrons. The molecule has 2 atom stereocenters. The molecule has 3 rings (SSSR count). The standard InChI is InChI=1S/C17H24N2O3.ClH/c18-10-14-8-9-16(22-14)17(20)19-11-12-4-1-2-7-15(12)21-13-5-3-6-13;/h1-2,4,7,13-14,16H,3,5-6,8-11,18H2,(H,19,20);1H/t14-,16+;/m1./s1. The van der Waals surface area contributed by atoms with Crippen LogP contribution in [0.5, 0.6) is 5.75 Å². The number of amides is 1. The fraction of sp³-hybridized carbons (Fsp3) is 0.588. The lowest BCUT2D eigenvalue weighted by atomic mass is 9.96. The number of nitrogens with two attached hydrogens (primary N) is 1. The van der Waals surface area contributed by atoms with Gasteiger partial charge >= 0.3 is 0 Å². The first kappa shape index (κ1) is 18.0. The quantitative estimate of drug-likeness (QED) is 0.832. The molecule has 0 radical (unpaired) electrons. The van der Waals surface area contributed by atoms with E-state index in [0.717, 1.165) is 37.0 Å². The maximum absolute atomic E-state index is 12.2. The number of halogens is 1. The number of rotatable bonds is 6. The molecular weight excluding hydrogens is 316 g/mol. The van der Waals surface area contributed by atoms with E-state index in [9.17, 15) is 4.79 Å². The van der Waals surface area contributed by atoms with Crippen LogP contribution in [0.4, 0.5) is 0 Å². The fourth-order valence-corrected chi connectivity index (χ4v) is 2.80. The summed E-state index contributed by atoms with van der Waals surface area (Å²) in [6, 6.07) is 7.89. The van der Waals surface area contributed by atoms with E-state index >= 15 is 0 Å². The summed E-state index contributed by atoms with van der Waals surface area (Å²) in [4.78, 5) is 12.2. The lowest BCUT2D eigenvalue weighted by Gasteiger charge is -2.27. The highest BCUT2D eigenvalue weighted by molar-refractivity contribution is 5.85. The second-order valence-electron chi connectivity index (χ2n) is 6.06. The Kier molecular flexibility index (Phi) is 6.69. The largest absolute Gasteiger partial charge is 0.490 e. The molecular formula is C17H25ClN2O3. The van der Waals surface area contributed by atoms with Crippen LogP contribution >= 0.6 is 12.4 Å². The Labute approximate surface area is 143 Å². The van der Waals surface area contributed by atoms with Gasteiger partial charge in [0.05, 0.1) is 12.2 Å². The molecule has 23 heavy (non-hydrogen) atoms. The second-order valence-corrected chi connectivity index (χ2v) is 6.06. The molecule has 1 heterocycles. The maximum atomic E-state index is 12.2. The van der Waals surface area contributed by atoms with E-state index in [1.807, 2.05) is 24.3 Å². The topological polar surface area (TPSA) is 73.6 Å². The Morgan fingerprint density at radius 1 is 1.26 bits per heavy atom. The van der Waals surface area contributed by atoms with Crippen molar-refractivity contribution in [2.45, 2.75) is 57.0 Å². The Hall–Kier alpha value is -1.30. The lowest BCUT2D eigenvalue weighted by Crippen LogP contribution is -2.35. The lowest BCUT2D eigenvalue weighted by molar-refractivity contribution is -0.132. The van der Waals surface area contributed by atoms with Crippen LogP contribution in [0, 0.1) is 0 Å². The van der Waals surface area contributed by atoms with Gasteiger partial charge in [0.1, 0.15) is 11.9 Å². The van der Waals surface area contributed by atoms with Gasteiger partial charge in [-0.15, -0.1) is 12.4 Å². The summed E-state index contributed by atoms with van der Waals surface area (Å²) in [5, 5.41) is 2.95. The summed E-state index contributed by atoms with van der Waals surface area (Å²) in [5.41, 5.74) is 6.58. The predicted molar refractivity (Wildman–Crippen MR) is 90.8 cm³/mol. The minimum absolute atomic E-state index is 0. The first-order valence-corrected chi connectivity index (χ1v) is 8.14. The van der Waals surface area contributed by atoms with Gasteiger partial charge in [-0.2, -0.15) is 0 Å². The van der Waals surface area contributed by atoms with Crippen LogP contribution in [-0.4, -0.2) is 30.8 Å². The van der Waals surface area contributed by atoms with Gasteiger partial charge in [-0.05, 0) is 38.2 Å². The van der Waals surface area contributed by atoms with Gasteiger partial charge < -0.3 is 20.5 Å². The molecule has 1 amide bonds. The van der Waals surface area contributed by atoms with Crippen LogP contribution in [0.2, 0.25) is 0 Å². The highest BCUT2D eigenvalue weighted by Crippen LogP contribution is 2.27. The molecule has 1 saturated carbocycles. The molecule has 0 aromatic heterocycles. The van der Waals surface area contributed by atoms with Crippen LogP contribution in [0.25, 0.3) is 0 Å². The number of ether oxygens (including phenoxy) is 2. The van der Waals surface area contributed by atoms with E-state index in [2.05, 4.69) is 5.32 Å². The molecule has 0 unspecified atom stereocenters. The van der Waals surface area contributed by atoms with Crippen molar-refractivity contribution in [1.29, 1.82) is 0 Å². The average molecular weight is 341 g/mol. The highest BCUT2D eigenvalue weighted by Gasteiger charge is 2.29. The summed E-state index contributed by atoms with van der Waals surface area (Å²) >= 11 is 0. The van der Waals surface area contributed by atoms with Gasteiger partial charge in [-0.1, -0.05) is 18.2 Å². The molecule has 5 nitrogen and oxygen atoms in total. The molecule has 6 heteroatoms. The summed E-state index contributed by atoms with van der Waals surface area (Å²) < 4.78 is 11.6. The third-order valence-electron chi connectivity index (χ3n) is 4.43. The van der Waals surface area contributed by atoms with Gasteiger partial charge in [0.2, 0.25) is 5.91 Å². The summed E-state index contributed by atoms with van der Waals surface area (Å²) in [5.74, 6) is 0.814. The molecule has 1 aromatic rings. The van der Waals surface area contributed by atoms with Crippen molar-refractivity contribution < 1.29 is 14.3 Å². The normalized spacial score (nSPS) is 23.7. The van der Waals surface area contributed by atoms with Gasteiger partial charge in [-0.3, -0.25) is 4.79 Å². The number of para-hydroxylation sites is 1. The van der Waals surface area contributed by atoms with E-state index in [1.165, 1.54) is 6.42 Å². The molecule has 2 aliphatic rings. The Morgan fingerprint density at radius 3 is 2.70 bits per heavy atom. The number of nitrogens with one attached hydrogen (secondary N) is 1. The van der Waals surface area contributed by atoms with Crippen molar-refractivity contribution in [3.05, 3.63) is 29.8 Å². The zero-order valence-electron chi connectivity index (χ0n) is 13.2. The Morgan fingerprint density at radius 2 is 2.04 bits per heavy atom. The van der Waals surface area contributed by atoms with Crippen molar-refractivity contribution in [2.75, 3.05) is 6.54 Å².